The zero-order valence-electron chi connectivity index (χ0n) is 13.6. The summed E-state index contributed by atoms with van der Waals surface area (Å²) in [5, 5.41) is 1.67. The Morgan fingerprint density at radius 2 is 2.00 bits per heavy atom. The minimum absolute atomic E-state index is 0.0418. The number of benzene rings is 1. The van der Waals surface area contributed by atoms with Crippen LogP contribution in [0.5, 0.6) is 0 Å². The lowest BCUT2D eigenvalue weighted by Gasteiger charge is -2.05. The van der Waals surface area contributed by atoms with Gasteiger partial charge in [-0.2, -0.15) is 0 Å². The van der Waals surface area contributed by atoms with Crippen molar-refractivity contribution in [2.24, 2.45) is 0 Å². The van der Waals surface area contributed by atoms with E-state index in [1.54, 1.807) is 17.6 Å². The molecule has 3 rings (SSSR count). The lowest BCUT2D eigenvalue weighted by atomic mass is 10.2. The summed E-state index contributed by atoms with van der Waals surface area (Å²) < 4.78 is 37.0. The van der Waals surface area contributed by atoms with E-state index in [-0.39, 0.29) is 29.7 Å². The van der Waals surface area contributed by atoms with Gasteiger partial charge in [-0.25, -0.2) is 18.1 Å². The van der Waals surface area contributed by atoms with Gasteiger partial charge in [0.05, 0.1) is 12.6 Å². The Bertz CT molecular complexity index is 950. The van der Waals surface area contributed by atoms with Gasteiger partial charge in [-0.3, -0.25) is 4.79 Å². The molecule has 0 atom stereocenters. The van der Waals surface area contributed by atoms with E-state index in [1.165, 1.54) is 6.07 Å². The summed E-state index contributed by atoms with van der Waals surface area (Å²) in [4.78, 5) is 15.8. The molecule has 7 nitrogen and oxygen atoms in total. The molecule has 2 heterocycles. The first kappa shape index (κ1) is 18.3. The van der Waals surface area contributed by atoms with Gasteiger partial charge in [-0.05, 0) is 11.4 Å². The number of nitrogens with one attached hydrogen (secondary N) is 1. The van der Waals surface area contributed by atoms with E-state index < -0.39 is 16.0 Å². The Morgan fingerprint density at radius 3 is 2.73 bits per heavy atom. The molecule has 1 N–H and O–H groups in total. The van der Waals surface area contributed by atoms with Crippen LogP contribution in [0.3, 0.4) is 0 Å². The topological polar surface area (TPSA) is 98.5 Å². The number of oxazole rings is 1. The summed E-state index contributed by atoms with van der Waals surface area (Å²) in [6.07, 6.45) is 1.48. The molecule has 0 aliphatic heterocycles. The predicted octanol–water partition coefficient (Wildman–Crippen LogP) is 2.81. The highest BCUT2D eigenvalue weighted by atomic mass is 32.2. The highest BCUT2D eigenvalue weighted by molar-refractivity contribution is 7.91. The number of ether oxygens (including phenoxy) is 1. The maximum atomic E-state index is 11.9. The SMILES string of the molecule is O=C(CCNS(=O)(=O)c1cccs1)OCc1ncc(-c2ccccc2)o1. The number of esters is 1. The van der Waals surface area contributed by atoms with E-state index >= 15 is 0 Å². The number of nitrogens with zero attached hydrogens (tertiary/aromatic N) is 1. The lowest BCUT2D eigenvalue weighted by molar-refractivity contribution is -0.145. The number of carbonyl (C=O) groups excluding carboxylic acids is 1. The minimum atomic E-state index is -3.58. The second kappa shape index (κ2) is 8.26. The van der Waals surface area contributed by atoms with Gasteiger partial charge in [0.1, 0.15) is 4.21 Å². The first-order valence-electron chi connectivity index (χ1n) is 7.73. The first-order chi connectivity index (χ1) is 12.5. The molecule has 1 aromatic carbocycles. The van der Waals surface area contributed by atoms with Crippen molar-refractivity contribution in [3.05, 3.63) is 59.9 Å². The van der Waals surface area contributed by atoms with E-state index in [2.05, 4.69) is 9.71 Å². The monoisotopic (exact) mass is 392 g/mol. The normalized spacial score (nSPS) is 11.4. The Kier molecular flexibility index (Phi) is 5.82. The molecule has 0 unspecified atom stereocenters. The fourth-order valence-electron chi connectivity index (χ4n) is 2.10. The molecule has 0 fully saturated rings. The highest BCUT2D eigenvalue weighted by Gasteiger charge is 2.15. The van der Waals surface area contributed by atoms with Crippen LogP contribution in [-0.2, 0) is 26.2 Å². The summed E-state index contributed by atoms with van der Waals surface area (Å²) >= 11 is 1.11. The third-order valence-corrected chi connectivity index (χ3v) is 6.21. The van der Waals surface area contributed by atoms with Gasteiger partial charge >= 0.3 is 5.97 Å². The summed E-state index contributed by atoms with van der Waals surface area (Å²) in [7, 11) is -3.58. The zero-order chi connectivity index (χ0) is 18.4. The van der Waals surface area contributed by atoms with Crippen molar-refractivity contribution in [3.8, 4) is 11.3 Å². The van der Waals surface area contributed by atoms with Crippen LogP contribution in [-0.4, -0.2) is 25.9 Å². The van der Waals surface area contributed by atoms with Crippen molar-refractivity contribution < 1.29 is 22.4 Å². The summed E-state index contributed by atoms with van der Waals surface area (Å²) in [6, 6.07) is 12.6. The number of hydrogen-bond donors (Lipinski definition) is 1. The highest BCUT2D eigenvalue weighted by Crippen LogP contribution is 2.20. The molecule has 136 valence electrons. The Morgan fingerprint density at radius 1 is 1.19 bits per heavy atom. The van der Waals surface area contributed by atoms with E-state index in [4.69, 9.17) is 9.15 Å². The number of sulfonamides is 1. The van der Waals surface area contributed by atoms with E-state index in [9.17, 15) is 13.2 Å². The Labute approximate surface area is 154 Å². The fourth-order valence-corrected chi connectivity index (χ4v) is 4.17. The number of aromatic nitrogens is 1. The van der Waals surface area contributed by atoms with E-state index in [1.807, 2.05) is 30.3 Å². The third kappa shape index (κ3) is 4.78. The summed E-state index contributed by atoms with van der Waals surface area (Å²) in [5.74, 6) is 0.315. The van der Waals surface area contributed by atoms with Crippen LogP contribution in [0.1, 0.15) is 12.3 Å². The van der Waals surface area contributed by atoms with Gasteiger partial charge in [0.2, 0.25) is 15.9 Å². The molecule has 9 heteroatoms. The minimum Gasteiger partial charge on any atom is -0.456 e. The van der Waals surface area contributed by atoms with Crippen molar-refractivity contribution in [3.63, 3.8) is 0 Å². The maximum absolute atomic E-state index is 11.9. The number of carbonyl (C=O) groups is 1. The molecule has 0 aliphatic carbocycles. The molecule has 0 spiro atoms. The van der Waals surface area contributed by atoms with Gasteiger partial charge in [0, 0.05) is 12.1 Å². The largest absolute Gasteiger partial charge is 0.456 e. The van der Waals surface area contributed by atoms with Gasteiger partial charge in [0.25, 0.3) is 0 Å². The van der Waals surface area contributed by atoms with Gasteiger partial charge in [0.15, 0.2) is 12.4 Å². The van der Waals surface area contributed by atoms with Crippen LogP contribution in [0.15, 0.2) is 62.7 Å². The zero-order valence-corrected chi connectivity index (χ0v) is 15.3. The van der Waals surface area contributed by atoms with Crippen LogP contribution in [0, 0.1) is 0 Å². The maximum Gasteiger partial charge on any atom is 0.307 e. The molecule has 26 heavy (non-hydrogen) atoms. The van der Waals surface area contributed by atoms with E-state index in [0.29, 0.717) is 5.76 Å². The second-order valence-electron chi connectivity index (χ2n) is 5.22. The third-order valence-electron chi connectivity index (χ3n) is 3.35. The van der Waals surface area contributed by atoms with Crippen molar-refractivity contribution in [1.29, 1.82) is 0 Å². The molecule has 0 aliphatic rings. The van der Waals surface area contributed by atoms with Crippen LogP contribution in [0.4, 0.5) is 0 Å². The molecule has 0 saturated carbocycles. The molecule has 0 radical (unpaired) electrons. The Balaban J connectivity index is 1.44. The van der Waals surface area contributed by atoms with Crippen LogP contribution in [0.2, 0.25) is 0 Å². The van der Waals surface area contributed by atoms with Crippen LogP contribution < -0.4 is 4.72 Å². The molecular weight excluding hydrogens is 376 g/mol. The molecule has 0 bridgehead atoms. The van der Waals surface area contributed by atoms with Crippen molar-refractivity contribution in [1.82, 2.24) is 9.71 Å². The van der Waals surface area contributed by atoms with Gasteiger partial charge < -0.3 is 9.15 Å². The number of thiophene rings is 1. The quantitative estimate of drug-likeness (QED) is 0.592. The molecule has 0 saturated heterocycles. The van der Waals surface area contributed by atoms with Crippen molar-refractivity contribution in [2.45, 2.75) is 17.2 Å². The second-order valence-corrected chi connectivity index (χ2v) is 8.17. The van der Waals surface area contributed by atoms with Crippen molar-refractivity contribution in [2.75, 3.05) is 6.54 Å². The van der Waals surface area contributed by atoms with Crippen LogP contribution >= 0.6 is 11.3 Å². The average molecular weight is 392 g/mol. The number of rotatable bonds is 8. The molecule has 0 amide bonds. The first-order valence-corrected chi connectivity index (χ1v) is 10.1. The standard InChI is InChI=1S/C17H16N2O5S2/c20-16(8-9-19-26(21,22)17-7-4-10-25-17)23-12-15-18-11-14(24-15)13-5-2-1-3-6-13/h1-7,10-11,19H,8-9,12H2. The lowest BCUT2D eigenvalue weighted by Crippen LogP contribution is -2.26. The summed E-state index contributed by atoms with van der Waals surface area (Å²) in [6.45, 7) is -0.150. The fraction of sp³-hybridized carbons (Fsp3) is 0.176. The Hall–Kier alpha value is -2.49. The summed E-state index contributed by atoms with van der Waals surface area (Å²) in [5.41, 5.74) is 0.876. The smallest absolute Gasteiger partial charge is 0.307 e. The van der Waals surface area contributed by atoms with Crippen LogP contribution in [0.25, 0.3) is 11.3 Å². The van der Waals surface area contributed by atoms with E-state index in [0.717, 1.165) is 16.9 Å². The average Bonchev–Trinajstić information content (AvgIpc) is 3.33. The predicted molar refractivity (Wildman–Crippen MR) is 95.9 cm³/mol. The molecule has 3 aromatic rings. The van der Waals surface area contributed by atoms with Gasteiger partial charge in [-0.15, -0.1) is 11.3 Å². The molecular formula is C17H16N2O5S2. The number of hydrogen-bond acceptors (Lipinski definition) is 7. The van der Waals surface area contributed by atoms with Crippen molar-refractivity contribution >= 4 is 27.3 Å². The molecule has 2 aromatic heterocycles. The van der Waals surface area contributed by atoms with Gasteiger partial charge in [-0.1, -0.05) is 36.4 Å².